The standard InChI is InChI=1S/C21H25F3N2O2/c1-19(2,3)25(27)17-11-15(12-18(13-17)26(28)20(4,5)6)14-8-7-9-16(10-14)21(22,23)24/h7-13H,1-6H3. The molecule has 0 N–H and O–H groups in total. The molecule has 4 nitrogen and oxygen atoms in total. The maximum Gasteiger partial charge on any atom is 0.416 e. The molecule has 0 aliphatic carbocycles. The molecule has 0 fully saturated rings. The van der Waals surface area contributed by atoms with Crippen molar-refractivity contribution in [3.05, 3.63) is 58.1 Å². The highest BCUT2D eigenvalue weighted by atomic mass is 19.4. The van der Waals surface area contributed by atoms with E-state index in [0.717, 1.165) is 22.0 Å². The predicted molar refractivity (Wildman–Crippen MR) is 106 cm³/mol. The van der Waals surface area contributed by atoms with E-state index in [0.29, 0.717) is 5.56 Å². The van der Waals surface area contributed by atoms with Gasteiger partial charge in [-0.05, 0) is 50.1 Å². The third-order valence-corrected chi connectivity index (χ3v) is 4.11. The molecule has 2 aromatic carbocycles. The van der Waals surface area contributed by atoms with Gasteiger partial charge in [-0.1, -0.05) is 12.1 Å². The summed E-state index contributed by atoms with van der Waals surface area (Å²) in [6.07, 6.45) is -4.48. The summed E-state index contributed by atoms with van der Waals surface area (Å²) in [7, 11) is 0. The fourth-order valence-corrected chi connectivity index (χ4v) is 2.65. The van der Waals surface area contributed by atoms with E-state index >= 15 is 0 Å². The molecule has 0 atom stereocenters. The van der Waals surface area contributed by atoms with E-state index in [-0.39, 0.29) is 16.9 Å². The molecule has 0 aliphatic rings. The van der Waals surface area contributed by atoms with E-state index in [1.54, 1.807) is 41.5 Å². The van der Waals surface area contributed by atoms with Gasteiger partial charge in [0.25, 0.3) is 5.69 Å². The number of anilines is 1. The Kier molecular flexibility index (Phi) is 5.63. The molecule has 0 bridgehead atoms. The summed E-state index contributed by atoms with van der Waals surface area (Å²) in [5.41, 5.74) is -1.28. The molecule has 0 spiro atoms. The fraction of sp³-hybridized carbons (Fsp3) is 0.429. The first-order valence-electron chi connectivity index (χ1n) is 8.88. The van der Waals surface area contributed by atoms with Crippen LogP contribution < -0.4 is 5.06 Å². The Morgan fingerprint density at radius 3 is 2.00 bits per heavy atom. The zero-order valence-corrected chi connectivity index (χ0v) is 16.9. The molecule has 2 rings (SSSR count). The number of hydroxylamine groups is 1. The Morgan fingerprint density at radius 2 is 1.50 bits per heavy atom. The van der Waals surface area contributed by atoms with Gasteiger partial charge in [0.15, 0.2) is 0 Å². The normalized spacial score (nSPS) is 12.8. The van der Waals surface area contributed by atoms with Crippen molar-refractivity contribution in [3.8, 4) is 11.1 Å². The van der Waals surface area contributed by atoms with Crippen LogP contribution in [0.25, 0.3) is 11.1 Å². The number of halogens is 3. The lowest BCUT2D eigenvalue weighted by Crippen LogP contribution is -2.36. The number of benzene rings is 2. The van der Waals surface area contributed by atoms with Crippen molar-refractivity contribution in [2.75, 3.05) is 5.06 Å². The summed E-state index contributed by atoms with van der Waals surface area (Å²) in [6.45, 7) is 10.3. The summed E-state index contributed by atoms with van der Waals surface area (Å²) < 4.78 is 40.0. The van der Waals surface area contributed by atoms with Gasteiger partial charge in [0.1, 0.15) is 0 Å². The average Bonchev–Trinajstić information content (AvgIpc) is 2.57. The van der Waals surface area contributed by atoms with Crippen molar-refractivity contribution < 1.29 is 17.9 Å². The van der Waals surface area contributed by atoms with Crippen LogP contribution in [-0.2, 0) is 6.18 Å². The third kappa shape index (κ3) is 4.90. The Labute approximate surface area is 163 Å². The van der Waals surface area contributed by atoms with Crippen LogP contribution in [0.1, 0.15) is 47.1 Å². The number of nitroso groups, excluding NO2 is 1. The van der Waals surface area contributed by atoms with Crippen molar-refractivity contribution in [2.24, 2.45) is 0 Å². The predicted octanol–water partition coefficient (Wildman–Crippen LogP) is 6.68. The van der Waals surface area contributed by atoms with Crippen molar-refractivity contribution >= 4 is 11.4 Å². The largest absolute Gasteiger partial charge is 0.758 e. The molecule has 0 radical (unpaired) electrons. The summed E-state index contributed by atoms with van der Waals surface area (Å²) in [5, 5.41) is 13.5. The average molecular weight is 394 g/mol. The van der Waals surface area contributed by atoms with Gasteiger partial charge in [-0.3, -0.25) is 0 Å². The fourth-order valence-electron chi connectivity index (χ4n) is 2.65. The van der Waals surface area contributed by atoms with Crippen molar-refractivity contribution in [1.82, 2.24) is 0 Å². The second-order valence-corrected chi connectivity index (χ2v) is 8.75. The molecular weight excluding hydrogens is 369 g/mol. The van der Waals surface area contributed by atoms with Gasteiger partial charge in [-0.15, -0.1) is 0 Å². The van der Waals surface area contributed by atoms with Crippen molar-refractivity contribution in [1.29, 1.82) is 0 Å². The van der Waals surface area contributed by atoms with E-state index in [1.807, 2.05) is 0 Å². The van der Waals surface area contributed by atoms with Crippen LogP contribution in [0.4, 0.5) is 24.5 Å². The van der Waals surface area contributed by atoms with Gasteiger partial charge in [0, 0.05) is 53.8 Å². The Morgan fingerprint density at radius 1 is 0.893 bits per heavy atom. The topological polar surface area (TPSA) is 46.4 Å². The Bertz CT molecular complexity index is 878. The Hall–Kier alpha value is -2.41. The van der Waals surface area contributed by atoms with E-state index in [2.05, 4.69) is 0 Å². The summed E-state index contributed by atoms with van der Waals surface area (Å²) in [6, 6.07) is 9.31. The molecular formula is C21H25F3N2O2. The lowest BCUT2D eigenvalue weighted by atomic mass is 9.99. The van der Waals surface area contributed by atoms with Gasteiger partial charge >= 0.3 is 6.18 Å². The monoisotopic (exact) mass is 394 g/mol. The molecule has 0 aromatic heterocycles. The maximum absolute atomic E-state index is 13.1. The molecule has 2 aromatic rings. The molecule has 0 unspecified atom stereocenters. The quantitative estimate of drug-likeness (QED) is 0.431. The van der Waals surface area contributed by atoms with E-state index in [1.165, 1.54) is 30.3 Å². The molecule has 0 aliphatic heterocycles. The van der Waals surface area contributed by atoms with Gasteiger partial charge in [0.2, 0.25) is 5.54 Å². The van der Waals surface area contributed by atoms with E-state index in [9.17, 15) is 23.3 Å². The minimum Gasteiger partial charge on any atom is -0.758 e. The molecule has 0 saturated heterocycles. The highest BCUT2D eigenvalue weighted by Crippen LogP contribution is 2.37. The molecule has 0 saturated carbocycles. The van der Waals surface area contributed by atoms with Crippen LogP contribution >= 0.6 is 0 Å². The highest BCUT2D eigenvalue weighted by Gasteiger charge is 2.33. The van der Waals surface area contributed by atoms with Gasteiger partial charge in [0.05, 0.1) is 5.56 Å². The Balaban J connectivity index is 2.69. The van der Waals surface area contributed by atoms with Crippen LogP contribution in [-0.4, -0.2) is 15.8 Å². The third-order valence-electron chi connectivity index (χ3n) is 4.11. The smallest absolute Gasteiger partial charge is 0.416 e. The van der Waals surface area contributed by atoms with Crippen LogP contribution in [0.15, 0.2) is 42.5 Å². The summed E-state index contributed by atoms with van der Waals surface area (Å²) in [5.74, 6) is 0. The summed E-state index contributed by atoms with van der Waals surface area (Å²) >= 11 is 0. The van der Waals surface area contributed by atoms with Crippen LogP contribution in [0.5, 0.6) is 0 Å². The highest BCUT2D eigenvalue weighted by molar-refractivity contribution is 5.73. The van der Waals surface area contributed by atoms with E-state index in [4.69, 9.17) is 0 Å². The first-order valence-corrected chi connectivity index (χ1v) is 8.88. The second kappa shape index (κ2) is 7.20. The molecule has 28 heavy (non-hydrogen) atoms. The molecule has 7 heteroatoms. The zero-order valence-electron chi connectivity index (χ0n) is 16.9. The summed E-state index contributed by atoms with van der Waals surface area (Å²) in [4.78, 5) is 12.7. The van der Waals surface area contributed by atoms with Gasteiger partial charge in [-0.2, -0.15) is 13.2 Å². The number of rotatable bonds is 3. The first kappa shape index (κ1) is 21.9. The number of nitrogens with zero attached hydrogens (tertiary/aromatic N) is 2. The number of alkyl halides is 3. The maximum atomic E-state index is 13.1. The van der Waals surface area contributed by atoms with Crippen LogP contribution in [0, 0.1) is 10.1 Å². The second-order valence-electron chi connectivity index (χ2n) is 8.75. The minimum absolute atomic E-state index is 0.211. The lowest BCUT2D eigenvalue weighted by molar-refractivity contribution is -0.540. The number of hydrogen-bond donors (Lipinski definition) is 0. The minimum atomic E-state index is -4.48. The molecule has 0 heterocycles. The van der Waals surface area contributed by atoms with Crippen molar-refractivity contribution in [3.63, 3.8) is 0 Å². The van der Waals surface area contributed by atoms with Gasteiger partial charge < -0.3 is 10.3 Å². The lowest BCUT2D eigenvalue weighted by Gasteiger charge is -2.43. The van der Waals surface area contributed by atoms with Gasteiger partial charge in [-0.25, -0.2) is 0 Å². The van der Waals surface area contributed by atoms with E-state index < -0.39 is 22.8 Å². The number of hydrogen-bond acceptors (Lipinski definition) is 3. The first-order chi connectivity index (χ1) is 12.6. The SMILES string of the molecule is CC(C)(C)N([O-])c1cc(-c2cccc(C(F)(F)F)c2)cc([N+](=O)C(C)(C)C)c1. The molecule has 0 amide bonds. The van der Waals surface area contributed by atoms with Crippen LogP contribution in [0.2, 0.25) is 0 Å². The molecule has 152 valence electrons. The van der Waals surface area contributed by atoms with Crippen molar-refractivity contribution in [2.45, 2.75) is 58.8 Å². The zero-order chi connectivity index (χ0) is 21.5. The van der Waals surface area contributed by atoms with Crippen LogP contribution in [0.3, 0.4) is 0 Å².